The molecule has 0 unspecified atom stereocenters. The van der Waals surface area contributed by atoms with Crippen LogP contribution in [0.1, 0.15) is 44.1 Å². The number of rotatable bonds is 5. The van der Waals surface area contributed by atoms with Gasteiger partial charge in [-0.05, 0) is 43.2 Å². The van der Waals surface area contributed by atoms with Crippen LogP contribution in [0.5, 0.6) is 0 Å². The Morgan fingerprint density at radius 2 is 1.78 bits per heavy atom. The van der Waals surface area contributed by atoms with E-state index in [0.29, 0.717) is 0 Å². The third-order valence-corrected chi connectivity index (χ3v) is 3.51. The maximum Gasteiger partial charge on any atom is 0.0447 e. The lowest BCUT2D eigenvalue weighted by molar-refractivity contribution is 0.288. The highest BCUT2D eigenvalue weighted by Gasteiger charge is 2.12. The van der Waals surface area contributed by atoms with E-state index in [4.69, 9.17) is 5.11 Å². The van der Waals surface area contributed by atoms with Gasteiger partial charge in [-0.2, -0.15) is 0 Å². The van der Waals surface area contributed by atoms with E-state index in [-0.39, 0.29) is 6.61 Å². The quantitative estimate of drug-likeness (QED) is 0.780. The minimum atomic E-state index is 0.254. The van der Waals surface area contributed by atoms with Gasteiger partial charge >= 0.3 is 0 Å². The fourth-order valence-corrected chi connectivity index (χ4v) is 2.56. The van der Waals surface area contributed by atoms with Crippen LogP contribution in [0.15, 0.2) is 35.9 Å². The molecule has 1 aromatic rings. The first-order valence-electron chi connectivity index (χ1n) is 7.04. The molecule has 0 saturated heterocycles. The first-order chi connectivity index (χ1) is 8.92. The topological polar surface area (TPSA) is 32.3 Å². The van der Waals surface area contributed by atoms with Gasteiger partial charge in [-0.1, -0.05) is 36.8 Å². The Balaban J connectivity index is 2.16. The van der Waals surface area contributed by atoms with Gasteiger partial charge in [-0.15, -0.1) is 0 Å². The normalized spacial score (nSPS) is 15.5. The van der Waals surface area contributed by atoms with E-state index in [1.807, 2.05) is 0 Å². The fraction of sp³-hybridized carbons (Fsp3) is 0.500. The fourth-order valence-electron chi connectivity index (χ4n) is 2.56. The summed E-state index contributed by atoms with van der Waals surface area (Å²) in [6, 6.07) is 10.6. The van der Waals surface area contributed by atoms with Crippen molar-refractivity contribution in [3.8, 4) is 0 Å². The smallest absolute Gasteiger partial charge is 0.0447 e. The number of hydrogen-bond donors (Lipinski definition) is 2. The van der Waals surface area contributed by atoms with Crippen LogP contribution in [-0.4, -0.2) is 18.3 Å². The molecule has 1 saturated carbocycles. The summed E-state index contributed by atoms with van der Waals surface area (Å²) in [5.74, 6) is 0. The zero-order chi connectivity index (χ0) is 12.6. The monoisotopic (exact) mass is 245 g/mol. The lowest BCUT2D eigenvalue weighted by Gasteiger charge is -2.21. The average molecular weight is 245 g/mol. The molecular weight excluding hydrogens is 222 g/mol. The molecular formula is C16H23NO. The number of allylic oxidation sites excluding steroid dienone is 1. The molecule has 0 aromatic heterocycles. The van der Waals surface area contributed by atoms with E-state index < -0.39 is 0 Å². The minimum Gasteiger partial charge on any atom is -0.396 e. The van der Waals surface area contributed by atoms with Crippen LogP contribution >= 0.6 is 0 Å². The number of aliphatic hydroxyl groups is 1. The number of aliphatic hydroxyl groups excluding tert-OH is 1. The Morgan fingerprint density at radius 1 is 1.06 bits per heavy atom. The Hall–Kier alpha value is -1.28. The Bertz CT molecular complexity index is 375. The van der Waals surface area contributed by atoms with Crippen molar-refractivity contribution in [2.75, 3.05) is 13.2 Å². The Kier molecular flexibility index (Phi) is 5.28. The van der Waals surface area contributed by atoms with Crippen molar-refractivity contribution in [1.82, 2.24) is 5.32 Å². The molecule has 2 heteroatoms. The number of hydrogen-bond acceptors (Lipinski definition) is 2. The average Bonchev–Trinajstić information content (AvgIpc) is 2.46. The summed E-state index contributed by atoms with van der Waals surface area (Å²) >= 11 is 0. The van der Waals surface area contributed by atoms with Crippen molar-refractivity contribution in [1.29, 1.82) is 0 Å². The molecule has 0 heterocycles. The zero-order valence-corrected chi connectivity index (χ0v) is 11.0. The second-order valence-electron chi connectivity index (χ2n) is 4.91. The molecule has 2 nitrogen and oxygen atoms in total. The van der Waals surface area contributed by atoms with Gasteiger partial charge in [0.25, 0.3) is 0 Å². The summed E-state index contributed by atoms with van der Waals surface area (Å²) in [6.45, 7) is 1.11. The third kappa shape index (κ3) is 3.61. The maximum absolute atomic E-state index is 8.90. The summed E-state index contributed by atoms with van der Waals surface area (Å²) in [4.78, 5) is 0. The van der Waals surface area contributed by atoms with Crippen molar-refractivity contribution < 1.29 is 5.11 Å². The SMILES string of the molecule is OCCCNC(=C1CCCCC1)c1ccccc1. The summed E-state index contributed by atoms with van der Waals surface area (Å²) in [6.07, 6.45) is 7.24. The molecule has 0 aliphatic heterocycles. The molecule has 2 rings (SSSR count). The Morgan fingerprint density at radius 3 is 2.44 bits per heavy atom. The molecule has 18 heavy (non-hydrogen) atoms. The van der Waals surface area contributed by atoms with Gasteiger partial charge in [0.15, 0.2) is 0 Å². The zero-order valence-electron chi connectivity index (χ0n) is 11.0. The highest BCUT2D eigenvalue weighted by atomic mass is 16.3. The molecule has 0 spiro atoms. The van der Waals surface area contributed by atoms with Crippen LogP contribution < -0.4 is 5.32 Å². The molecule has 2 N–H and O–H groups in total. The van der Waals surface area contributed by atoms with E-state index in [1.165, 1.54) is 43.4 Å². The van der Waals surface area contributed by atoms with Crippen molar-refractivity contribution >= 4 is 5.70 Å². The molecule has 1 fully saturated rings. The maximum atomic E-state index is 8.90. The van der Waals surface area contributed by atoms with Crippen molar-refractivity contribution in [3.63, 3.8) is 0 Å². The molecule has 98 valence electrons. The number of benzene rings is 1. The van der Waals surface area contributed by atoms with Crippen LogP contribution in [-0.2, 0) is 0 Å². The van der Waals surface area contributed by atoms with Crippen molar-refractivity contribution in [2.24, 2.45) is 0 Å². The molecule has 0 bridgehead atoms. The first kappa shape index (κ1) is 13.2. The van der Waals surface area contributed by atoms with Crippen LogP contribution in [0, 0.1) is 0 Å². The largest absolute Gasteiger partial charge is 0.396 e. The molecule has 0 amide bonds. The highest BCUT2D eigenvalue weighted by molar-refractivity contribution is 5.67. The van der Waals surface area contributed by atoms with E-state index in [1.54, 1.807) is 5.57 Å². The second kappa shape index (κ2) is 7.22. The first-order valence-corrected chi connectivity index (χ1v) is 7.04. The van der Waals surface area contributed by atoms with Gasteiger partial charge in [0.1, 0.15) is 0 Å². The van der Waals surface area contributed by atoms with E-state index in [2.05, 4.69) is 35.6 Å². The van der Waals surface area contributed by atoms with Crippen LogP contribution in [0.25, 0.3) is 5.70 Å². The van der Waals surface area contributed by atoms with Gasteiger partial charge in [0, 0.05) is 18.8 Å². The van der Waals surface area contributed by atoms with Crippen molar-refractivity contribution in [2.45, 2.75) is 38.5 Å². The summed E-state index contributed by atoms with van der Waals surface area (Å²) in [5, 5.41) is 12.4. The highest BCUT2D eigenvalue weighted by Crippen LogP contribution is 2.29. The van der Waals surface area contributed by atoms with E-state index in [0.717, 1.165) is 13.0 Å². The predicted molar refractivity (Wildman–Crippen MR) is 76.2 cm³/mol. The van der Waals surface area contributed by atoms with E-state index >= 15 is 0 Å². The molecule has 0 radical (unpaired) electrons. The van der Waals surface area contributed by atoms with Crippen LogP contribution in [0.2, 0.25) is 0 Å². The lowest BCUT2D eigenvalue weighted by atomic mass is 9.91. The second-order valence-corrected chi connectivity index (χ2v) is 4.91. The standard InChI is InChI=1S/C16H23NO/c18-13-7-12-17-16(14-8-3-1-4-9-14)15-10-5-2-6-11-15/h1,3-4,8-9,17-18H,2,5-7,10-13H2. The predicted octanol–water partition coefficient (Wildman–Crippen LogP) is 3.33. The van der Waals surface area contributed by atoms with E-state index in [9.17, 15) is 0 Å². The molecule has 1 aromatic carbocycles. The summed E-state index contributed by atoms with van der Waals surface area (Å²) in [5.41, 5.74) is 4.15. The summed E-state index contributed by atoms with van der Waals surface area (Å²) < 4.78 is 0. The van der Waals surface area contributed by atoms with Gasteiger partial charge in [-0.25, -0.2) is 0 Å². The molecule has 0 atom stereocenters. The van der Waals surface area contributed by atoms with Gasteiger partial charge in [0.05, 0.1) is 0 Å². The molecule has 1 aliphatic rings. The minimum absolute atomic E-state index is 0.254. The summed E-state index contributed by atoms with van der Waals surface area (Å²) in [7, 11) is 0. The molecule has 1 aliphatic carbocycles. The lowest BCUT2D eigenvalue weighted by Crippen LogP contribution is -2.17. The van der Waals surface area contributed by atoms with Crippen LogP contribution in [0.3, 0.4) is 0 Å². The van der Waals surface area contributed by atoms with Crippen LogP contribution in [0.4, 0.5) is 0 Å². The van der Waals surface area contributed by atoms with Gasteiger partial charge in [-0.3, -0.25) is 0 Å². The van der Waals surface area contributed by atoms with Crippen molar-refractivity contribution in [3.05, 3.63) is 41.5 Å². The Labute approximate surface area is 110 Å². The number of nitrogens with one attached hydrogen (secondary N) is 1. The third-order valence-electron chi connectivity index (χ3n) is 3.51. The van der Waals surface area contributed by atoms with Gasteiger partial charge in [0.2, 0.25) is 0 Å². The van der Waals surface area contributed by atoms with Gasteiger partial charge < -0.3 is 10.4 Å².